The minimum Gasteiger partial charge on any atom is -0.477 e. The number of halogens is 2. The topological polar surface area (TPSA) is 59.3 Å². The van der Waals surface area contributed by atoms with Crippen molar-refractivity contribution in [3.05, 3.63) is 56.2 Å². The molecule has 1 aromatic carbocycles. The molecule has 2 rings (SSSR count). The van der Waals surface area contributed by atoms with E-state index in [1.165, 1.54) is 16.8 Å². The van der Waals surface area contributed by atoms with E-state index in [1.54, 1.807) is 19.2 Å². The van der Waals surface area contributed by atoms with Crippen molar-refractivity contribution in [2.24, 2.45) is 7.05 Å². The summed E-state index contributed by atoms with van der Waals surface area (Å²) in [6.07, 6.45) is 1.51. The number of aromatic carboxylic acids is 1. The van der Waals surface area contributed by atoms with Crippen molar-refractivity contribution < 1.29 is 14.7 Å². The predicted molar refractivity (Wildman–Crippen MR) is 77.6 cm³/mol. The number of hydrogen-bond acceptors (Lipinski definition) is 2. The fraction of sp³-hybridized carbons (Fsp3) is 0.0769. The third-order valence-electron chi connectivity index (χ3n) is 2.66. The summed E-state index contributed by atoms with van der Waals surface area (Å²) in [5, 5.41) is 8.98. The van der Waals surface area contributed by atoms with Gasteiger partial charge in [0.25, 0.3) is 0 Å². The Morgan fingerprint density at radius 2 is 1.89 bits per heavy atom. The van der Waals surface area contributed by atoms with Crippen LogP contribution in [0, 0.1) is 0 Å². The molecule has 6 heteroatoms. The minimum atomic E-state index is -1.06. The van der Waals surface area contributed by atoms with Crippen molar-refractivity contribution >= 4 is 43.6 Å². The molecule has 0 spiro atoms. The Morgan fingerprint density at radius 3 is 2.47 bits per heavy atom. The lowest BCUT2D eigenvalue weighted by molar-refractivity contribution is 0.0686. The van der Waals surface area contributed by atoms with Crippen molar-refractivity contribution in [2.45, 2.75) is 0 Å². The van der Waals surface area contributed by atoms with E-state index in [9.17, 15) is 9.59 Å². The minimum absolute atomic E-state index is 0.0782. The lowest BCUT2D eigenvalue weighted by Crippen LogP contribution is -2.02. The molecule has 1 N–H and O–H groups in total. The van der Waals surface area contributed by atoms with Crippen LogP contribution in [0.3, 0.4) is 0 Å². The smallest absolute Gasteiger partial charge is 0.352 e. The second-order valence-electron chi connectivity index (χ2n) is 3.98. The van der Waals surface area contributed by atoms with E-state index in [4.69, 9.17) is 5.11 Å². The zero-order valence-corrected chi connectivity index (χ0v) is 13.0. The van der Waals surface area contributed by atoms with Gasteiger partial charge in [-0.1, -0.05) is 31.9 Å². The highest BCUT2D eigenvalue weighted by molar-refractivity contribution is 9.11. The van der Waals surface area contributed by atoms with Gasteiger partial charge in [-0.2, -0.15) is 0 Å². The molecule has 0 atom stereocenters. The first-order valence-electron chi connectivity index (χ1n) is 5.29. The molecular formula is C13H9Br2NO3. The molecular weight excluding hydrogens is 378 g/mol. The number of rotatable bonds is 3. The molecule has 98 valence electrons. The Kier molecular flexibility index (Phi) is 3.91. The van der Waals surface area contributed by atoms with Crippen molar-refractivity contribution in [2.75, 3.05) is 0 Å². The highest BCUT2D eigenvalue weighted by atomic mass is 79.9. The summed E-state index contributed by atoms with van der Waals surface area (Å²) < 4.78 is 2.87. The van der Waals surface area contributed by atoms with Gasteiger partial charge in [0.2, 0.25) is 0 Å². The van der Waals surface area contributed by atoms with E-state index >= 15 is 0 Å². The van der Waals surface area contributed by atoms with Crippen LogP contribution in [0.4, 0.5) is 0 Å². The molecule has 0 saturated heterocycles. The number of carboxylic acids is 1. The van der Waals surface area contributed by atoms with Crippen LogP contribution < -0.4 is 0 Å². The molecule has 0 aliphatic carbocycles. The fourth-order valence-electron chi connectivity index (χ4n) is 1.73. The first-order valence-corrected chi connectivity index (χ1v) is 6.88. The fourth-order valence-corrected chi connectivity index (χ4v) is 2.52. The van der Waals surface area contributed by atoms with Crippen LogP contribution >= 0.6 is 31.9 Å². The number of carbonyl (C=O) groups excluding carboxylic acids is 1. The van der Waals surface area contributed by atoms with Gasteiger partial charge in [-0.15, -0.1) is 0 Å². The molecule has 0 bridgehead atoms. The van der Waals surface area contributed by atoms with Crippen molar-refractivity contribution in [1.82, 2.24) is 4.57 Å². The highest BCUT2D eigenvalue weighted by Crippen LogP contribution is 2.24. The van der Waals surface area contributed by atoms with Crippen LogP contribution in [-0.4, -0.2) is 21.4 Å². The summed E-state index contributed by atoms with van der Waals surface area (Å²) in [7, 11) is 1.59. The molecule has 19 heavy (non-hydrogen) atoms. The summed E-state index contributed by atoms with van der Waals surface area (Å²) in [5.41, 5.74) is 0.907. The zero-order chi connectivity index (χ0) is 14.2. The maximum Gasteiger partial charge on any atom is 0.352 e. The van der Waals surface area contributed by atoms with Gasteiger partial charge < -0.3 is 9.67 Å². The summed E-state index contributed by atoms with van der Waals surface area (Å²) >= 11 is 6.63. The van der Waals surface area contributed by atoms with E-state index < -0.39 is 5.97 Å². The van der Waals surface area contributed by atoms with Crippen molar-refractivity contribution in [3.8, 4) is 0 Å². The van der Waals surface area contributed by atoms with Gasteiger partial charge in [0.15, 0.2) is 5.78 Å². The molecule has 0 aliphatic rings. The molecule has 0 amide bonds. The molecule has 1 heterocycles. The number of hydrogen-bond donors (Lipinski definition) is 1. The Balaban J connectivity index is 2.47. The molecule has 0 fully saturated rings. The van der Waals surface area contributed by atoms with Crippen molar-refractivity contribution in [1.29, 1.82) is 0 Å². The molecule has 4 nitrogen and oxygen atoms in total. The molecule has 0 unspecified atom stereocenters. The van der Waals surface area contributed by atoms with Crippen LogP contribution in [0.15, 0.2) is 39.4 Å². The van der Waals surface area contributed by atoms with Gasteiger partial charge in [-0.25, -0.2) is 4.79 Å². The van der Waals surface area contributed by atoms with Crippen LogP contribution in [0.2, 0.25) is 0 Å². The average Bonchev–Trinajstić information content (AvgIpc) is 2.74. The largest absolute Gasteiger partial charge is 0.477 e. The number of ketones is 1. The molecule has 0 radical (unpaired) electrons. The number of benzene rings is 1. The number of aromatic nitrogens is 1. The summed E-state index contributed by atoms with van der Waals surface area (Å²) in [6.45, 7) is 0. The summed E-state index contributed by atoms with van der Waals surface area (Å²) in [4.78, 5) is 23.3. The van der Waals surface area contributed by atoms with Crippen molar-refractivity contribution in [3.63, 3.8) is 0 Å². The quantitative estimate of drug-likeness (QED) is 0.821. The van der Waals surface area contributed by atoms with Crippen LogP contribution in [0.5, 0.6) is 0 Å². The molecule has 2 aromatic rings. The molecule has 1 aromatic heterocycles. The number of carbonyl (C=O) groups is 2. The SMILES string of the molecule is Cn1cc(C(=O)c2cc(Br)ccc2Br)cc1C(=O)O. The summed E-state index contributed by atoms with van der Waals surface area (Å²) in [6, 6.07) is 6.64. The van der Waals surface area contributed by atoms with Gasteiger partial charge in [0.1, 0.15) is 5.69 Å². The Hall–Kier alpha value is -1.40. The van der Waals surface area contributed by atoms with Gasteiger partial charge in [-0.05, 0) is 24.3 Å². The normalized spacial score (nSPS) is 10.5. The second kappa shape index (κ2) is 5.30. The lowest BCUT2D eigenvalue weighted by atomic mass is 10.1. The van der Waals surface area contributed by atoms with Crippen LogP contribution in [-0.2, 0) is 7.05 Å². The van der Waals surface area contributed by atoms with E-state index in [1.807, 2.05) is 6.07 Å². The first kappa shape index (κ1) is 14.0. The Morgan fingerprint density at radius 1 is 1.21 bits per heavy atom. The second-order valence-corrected chi connectivity index (χ2v) is 5.75. The van der Waals surface area contributed by atoms with Gasteiger partial charge in [-0.3, -0.25) is 4.79 Å². The highest BCUT2D eigenvalue weighted by Gasteiger charge is 2.18. The number of nitrogens with zero attached hydrogens (tertiary/aromatic N) is 1. The van der Waals surface area contributed by atoms with Gasteiger partial charge >= 0.3 is 5.97 Å². The molecule has 0 aliphatic heterocycles. The van der Waals surface area contributed by atoms with Crippen LogP contribution in [0.25, 0.3) is 0 Å². The zero-order valence-electron chi connectivity index (χ0n) is 9.85. The van der Waals surface area contributed by atoms with E-state index in [2.05, 4.69) is 31.9 Å². The van der Waals surface area contributed by atoms with Gasteiger partial charge in [0, 0.05) is 33.3 Å². The third kappa shape index (κ3) is 2.79. The summed E-state index contributed by atoms with van der Waals surface area (Å²) in [5.74, 6) is -1.29. The van der Waals surface area contributed by atoms with Crippen LogP contribution in [0.1, 0.15) is 26.4 Å². The van der Waals surface area contributed by atoms with Gasteiger partial charge in [0.05, 0.1) is 0 Å². The molecule has 0 saturated carbocycles. The number of aryl methyl sites for hydroxylation is 1. The Bertz CT molecular complexity index is 677. The number of carboxylic acid groups (broad SMARTS) is 1. The lowest BCUT2D eigenvalue weighted by Gasteiger charge is -2.02. The maximum absolute atomic E-state index is 12.4. The average molecular weight is 387 g/mol. The maximum atomic E-state index is 12.4. The Labute approximate surface area is 126 Å². The van der Waals surface area contributed by atoms with E-state index in [-0.39, 0.29) is 11.5 Å². The third-order valence-corrected chi connectivity index (χ3v) is 3.84. The predicted octanol–water partition coefficient (Wildman–Crippen LogP) is 3.48. The first-order chi connectivity index (χ1) is 8.90. The monoisotopic (exact) mass is 385 g/mol. The van der Waals surface area contributed by atoms with E-state index in [0.717, 1.165) is 4.47 Å². The standard InChI is InChI=1S/C13H9Br2NO3/c1-16-6-7(4-11(16)13(18)19)12(17)9-5-8(14)2-3-10(9)15/h2-6H,1H3,(H,18,19). The van der Waals surface area contributed by atoms with E-state index in [0.29, 0.717) is 15.6 Å².